The van der Waals surface area contributed by atoms with Gasteiger partial charge in [0.25, 0.3) is 0 Å². The van der Waals surface area contributed by atoms with Crippen LogP contribution in [0, 0.1) is 5.92 Å². The van der Waals surface area contributed by atoms with Crippen LogP contribution in [0.15, 0.2) is 0 Å². The second-order valence-corrected chi connectivity index (χ2v) is 6.24. The average Bonchev–Trinajstić information content (AvgIpc) is 3.19. The summed E-state index contributed by atoms with van der Waals surface area (Å²) < 4.78 is 0. The Morgan fingerprint density at radius 3 is 2.42 bits per heavy atom. The van der Waals surface area contributed by atoms with Crippen molar-refractivity contribution in [2.24, 2.45) is 11.7 Å². The zero-order chi connectivity index (χ0) is 13.8. The van der Waals surface area contributed by atoms with Crippen LogP contribution in [0.2, 0.25) is 0 Å². The predicted molar refractivity (Wildman–Crippen MR) is 81.0 cm³/mol. The summed E-state index contributed by atoms with van der Waals surface area (Å²) in [5.74, 6) is 1.01. The molecule has 1 unspecified atom stereocenters. The van der Waals surface area contributed by atoms with Gasteiger partial charge in [0.1, 0.15) is 0 Å². The third-order valence-electron chi connectivity index (χ3n) is 4.16. The molecule has 0 aromatic heterocycles. The third kappa shape index (κ3) is 4.14. The molecule has 2 N–H and O–H groups in total. The molecule has 1 aliphatic heterocycles. The Labute approximate surface area is 121 Å². The molecule has 5 heteroatoms. The van der Waals surface area contributed by atoms with E-state index in [0.29, 0.717) is 16.8 Å². The normalized spacial score (nSPS) is 22.3. The summed E-state index contributed by atoms with van der Waals surface area (Å²) in [6, 6.07) is 0.209. The largest absolute Gasteiger partial charge is 0.392 e. The number of hydrogen-bond acceptors (Lipinski definition) is 3. The molecule has 1 heterocycles. The second kappa shape index (κ2) is 6.66. The first kappa shape index (κ1) is 14.7. The van der Waals surface area contributed by atoms with Gasteiger partial charge in [-0.05, 0) is 25.2 Å². The highest BCUT2D eigenvalue weighted by molar-refractivity contribution is 7.80. The van der Waals surface area contributed by atoms with E-state index >= 15 is 0 Å². The van der Waals surface area contributed by atoms with Crippen LogP contribution in [0.25, 0.3) is 0 Å². The predicted octanol–water partition coefficient (Wildman–Crippen LogP) is 1.39. The van der Waals surface area contributed by atoms with Gasteiger partial charge in [-0.2, -0.15) is 0 Å². The minimum absolute atomic E-state index is 0.209. The van der Waals surface area contributed by atoms with Crippen LogP contribution < -0.4 is 5.73 Å². The Morgan fingerprint density at radius 1 is 1.32 bits per heavy atom. The summed E-state index contributed by atoms with van der Waals surface area (Å²) in [6.07, 6.45) is 5.35. The fraction of sp³-hybridized carbons (Fsp3) is 0.857. The van der Waals surface area contributed by atoms with Crippen LogP contribution >= 0.6 is 12.2 Å². The highest BCUT2D eigenvalue weighted by Crippen LogP contribution is 2.33. The fourth-order valence-electron chi connectivity index (χ4n) is 2.76. The van der Waals surface area contributed by atoms with Gasteiger partial charge in [0.15, 0.2) is 0 Å². The lowest BCUT2D eigenvalue weighted by atomic mass is 10.1. The zero-order valence-corrected chi connectivity index (χ0v) is 12.6. The molecule has 1 atom stereocenters. The van der Waals surface area contributed by atoms with Crippen molar-refractivity contribution in [3.8, 4) is 0 Å². The average molecular weight is 283 g/mol. The maximum atomic E-state index is 12.0. The summed E-state index contributed by atoms with van der Waals surface area (Å²) in [4.78, 5) is 17.0. The van der Waals surface area contributed by atoms with E-state index in [4.69, 9.17) is 18.0 Å². The number of hydrogen-bond donors (Lipinski definition) is 1. The molecule has 2 fully saturated rings. The van der Waals surface area contributed by atoms with Crippen LogP contribution in [-0.2, 0) is 4.79 Å². The van der Waals surface area contributed by atoms with E-state index in [1.54, 1.807) is 0 Å². The Kier molecular flexibility index (Phi) is 5.16. The number of rotatable bonds is 6. The highest BCUT2D eigenvalue weighted by atomic mass is 32.1. The number of amides is 1. The molecule has 1 saturated carbocycles. The maximum absolute atomic E-state index is 12.0. The summed E-state index contributed by atoms with van der Waals surface area (Å²) in [5, 5.41) is 0. The van der Waals surface area contributed by atoms with E-state index < -0.39 is 0 Å². The molecule has 2 rings (SSSR count). The lowest BCUT2D eigenvalue weighted by Gasteiger charge is -2.39. The molecule has 0 spiro atoms. The maximum Gasteiger partial charge on any atom is 0.222 e. The lowest BCUT2D eigenvalue weighted by Crippen LogP contribution is -2.54. The Morgan fingerprint density at radius 2 is 1.95 bits per heavy atom. The first-order chi connectivity index (χ1) is 9.11. The SMILES string of the molecule is CCCC(C(N)=S)N1CCN(C(=O)CC2CC2)CC1. The number of thiocarbonyl (C=S) groups is 1. The number of piperazine rings is 1. The monoisotopic (exact) mass is 283 g/mol. The van der Waals surface area contributed by atoms with Crippen molar-refractivity contribution < 1.29 is 4.79 Å². The third-order valence-corrected chi connectivity index (χ3v) is 4.43. The van der Waals surface area contributed by atoms with Gasteiger partial charge >= 0.3 is 0 Å². The van der Waals surface area contributed by atoms with Crippen LogP contribution in [0.1, 0.15) is 39.0 Å². The Bertz CT molecular complexity index is 336. The molecular weight excluding hydrogens is 258 g/mol. The van der Waals surface area contributed by atoms with Crippen LogP contribution in [-0.4, -0.2) is 52.9 Å². The number of nitrogens with zero attached hydrogens (tertiary/aromatic N) is 2. The van der Waals surface area contributed by atoms with Crippen molar-refractivity contribution >= 4 is 23.1 Å². The number of nitrogens with two attached hydrogens (primary N) is 1. The first-order valence-electron chi connectivity index (χ1n) is 7.43. The van der Waals surface area contributed by atoms with Crippen molar-refractivity contribution in [3.05, 3.63) is 0 Å². The molecule has 108 valence electrons. The molecule has 0 aromatic rings. The van der Waals surface area contributed by atoms with Gasteiger partial charge in [-0.25, -0.2) is 0 Å². The smallest absolute Gasteiger partial charge is 0.222 e. The summed E-state index contributed by atoms with van der Waals surface area (Å²) in [7, 11) is 0. The van der Waals surface area contributed by atoms with Crippen molar-refractivity contribution in [1.29, 1.82) is 0 Å². The fourth-order valence-corrected chi connectivity index (χ4v) is 3.03. The zero-order valence-electron chi connectivity index (χ0n) is 11.8. The molecule has 0 bridgehead atoms. The topological polar surface area (TPSA) is 49.6 Å². The van der Waals surface area contributed by atoms with Gasteiger partial charge in [-0.15, -0.1) is 0 Å². The van der Waals surface area contributed by atoms with Gasteiger partial charge in [-0.1, -0.05) is 25.6 Å². The van der Waals surface area contributed by atoms with Gasteiger partial charge in [0.05, 0.1) is 11.0 Å². The minimum atomic E-state index is 0.209. The molecule has 19 heavy (non-hydrogen) atoms. The molecule has 2 aliphatic rings. The van der Waals surface area contributed by atoms with E-state index in [9.17, 15) is 4.79 Å². The van der Waals surface area contributed by atoms with Gasteiger partial charge in [-0.3, -0.25) is 9.69 Å². The van der Waals surface area contributed by atoms with Gasteiger partial charge in [0.2, 0.25) is 5.91 Å². The quantitative estimate of drug-likeness (QED) is 0.748. The summed E-state index contributed by atoms with van der Waals surface area (Å²) in [6.45, 7) is 5.61. The molecule has 1 aliphatic carbocycles. The van der Waals surface area contributed by atoms with E-state index in [1.807, 2.05) is 4.90 Å². The molecule has 1 amide bonds. The number of carbonyl (C=O) groups is 1. The molecule has 0 aromatic carbocycles. The lowest BCUT2D eigenvalue weighted by molar-refractivity contribution is -0.133. The number of carbonyl (C=O) groups excluding carboxylic acids is 1. The van der Waals surface area contributed by atoms with Gasteiger partial charge < -0.3 is 10.6 Å². The Hall–Kier alpha value is -0.680. The first-order valence-corrected chi connectivity index (χ1v) is 7.83. The van der Waals surface area contributed by atoms with Crippen LogP contribution in [0.3, 0.4) is 0 Å². The molecule has 0 radical (unpaired) electrons. The van der Waals surface area contributed by atoms with Crippen molar-refractivity contribution in [3.63, 3.8) is 0 Å². The highest BCUT2D eigenvalue weighted by Gasteiger charge is 2.30. The Balaban J connectivity index is 1.79. The second-order valence-electron chi connectivity index (χ2n) is 5.77. The van der Waals surface area contributed by atoms with Crippen LogP contribution in [0.4, 0.5) is 0 Å². The van der Waals surface area contributed by atoms with E-state index in [2.05, 4.69) is 11.8 Å². The summed E-state index contributed by atoms with van der Waals surface area (Å²) >= 11 is 5.17. The minimum Gasteiger partial charge on any atom is -0.392 e. The molecule has 1 saturated heterocycles. The van der Waals surface area contributed by atoms with Crippen molar-refractivity contribution in [2.75, 3.05) is 26.2 Å². The molecular formula is C14H25N3OS. The van der Waals surface area contributed by atoms with Gasteiger partial charge in [0, 0.05) is 32.6 Å². The molecule has 4 nitrogen and oxygen atoms in total. The van der Waals surface area contributed by atoms with E-state index in [-0.39, 0.29) is 6.04 Å². The summed E-state index contributed by atoms with van der Waals surface area (Å²) in [5.41, 5.74) is 5.83. The van der Waals surface area contributed by atoms with Crippen LogP contribution in [0.5, 0.6) is 0 Å². The standard InChI is InChI=1S/C14H25N3OS/c1-2-3-12(14(15)19)16-6-8-17(9-7-16)13(18)10-11-4-5-11/h11-12H,2-10H2,1H3,(H2,15,19). The van der Waals surface area contributed by atoms with Crippen molar-refractivity contribution in [1.82, 2.24) is 9.80 Å². The van der Waals surface area contributed by atoms with E-state index in [0.717, 1.165) is 45.4 Å². The van der Waals surface area contributed by atoms with Crippen molar-refractivity contribution in [2.45, 2.75) is 45.1 Å². The van der Waals surface area contributed by atoms with E-state index in [1.165, 1.54) is 12.8 Å².